The highest BCUT2D eigenvalue weighted by atomic mass is 19.4. The number of nitrogens with one attached hydrogen (secondary N) is 1. The van der Waals surface area contributed by atoms with Gasteiger partial charge < -0.3 is 15.2 Å². The molecule has 1 aliphatic rings. The summed E-state index contributed by atoms with van der Waals surface area (Å²) in [5.74, 6) is 0. The Morgan fingerprint density at radius 3 is 2.11 bits per heavy atom. The van der Waals surface area contributed by atoms with E-state index in [1.54, 1.807) is 0 Å². The summed E-state index contributed by atoms with van der Waals surface area (Å²) < 4.78 is 78.1. The molecule has 0 aromatic rings. The Kier molecular flexibility index (Phi) is 4.74. The van der Waals surface area contributed by atoms with E-state index in [9.17, 15) is 26.3 Å². The third kappa shape index (κ3) is 3.96. The van der Waals surface area contributed by atoms with Gasteiger partial charge in [-0.05, 0) is 26.3 Å². The fraction of sp³-hybridized carbons (Fsp3) is 1.00. The molecule has 3 nitrogen and oxygen atoms in total. The van der Waals surface area contributed by atoms with Gasteiger partial charge in [0.2, 0.25) is 6.10 Å². The van der Waals surface area contributed by atoms with Crippen LogP contribution in [0.4, 0.5) is 26.3 Å². The Balaban J connectivity index is 2.73. The number of hydrogen-bond donors (Lipinski definition) is 2. The predicted molar refractivity (Wildman–Crippen MR) is 53.5 cm³/mol. The highest BCUT2D eigenvalue weighted by Crippen LogP contribution is 2.40. The first kappa shape index (κ1) is 16.5. The van der Waals surface area contributed by atoms with E-state index in [0.717, 1.165) is 0 Å². The maximum absolute atomic E-state index is 12.3. The number of aliphatic hydroxyl groups excluding tert-OH is 1. The van der Waals surface area contributed by atoms with E-state index in [2.05, 4.69) is 10.1 Å². The summed E-state index contributed by atoms with van der Waals surface area (Å²) in [6.45, 7) is -0.369. The second kappa shape index (κ2) is 5.45. The molecule has 19 heavy (non-hydrogen) atoms. The molecule has 1 rings (SSSR count). The van der Waals surface area contributed by atoms with Crippen LogP contribution in [0.1, 0.15) is 19.3 Å². The molecule has 2 N–H and O–H groups in total. The van der Waals surface area contributed by atoms with Crippen LogP contribution in [0.25, 0.3) is 0 Å². The molecule has 9 heteroatoms. The molecule has 0 bridgehead atoms. The van der Waals surface area contributed by atoms with Crippen molar-refractivity contribution in [3.05, 3.63) is 0 Å². The summed E-state index contributed by atoms with van der Waals surface area (Å²) in [6.07, 6.45) is -15.8. The van der Waals surface area contributed by atoms with Crippen LogP contribution in [0.5, 0.6) is 0 Å². The van der Waals surface area contributed by atoms with Crippen molar-refractivity contribution in [2.24, 2.45) is 0 Å². The molecule has 0 saturated heterocycles. The van der Waals surface area contributed by atoms with Gasteiger partial charge >= 0.3 is 12.4 Å². The normalized spacial score (nSPS) is 29.2. The molecule has 114 valence electrons. The van der Waals surface area contributed by atoms with Crippen molar-refractivity contribution < 1.29 is 36.2 Å². The van der Waals surface area contributed by atoms with Gasteiger partial charge in [0.15, 0.2) is 0 Å². The van der Waals surface area contributed by atoms with Gasteiger partial charge in [0, 0.05) is 5.54 Å². The lowest BCUT2D eigenvalue weighted by molar-refractivity contribution is -0.330. The minimum absolute atomic E-state index is 0.0318. The average molecular weight is 295 g/mol. The van der Waals surface area contributed by atoms with E-state index in [1.165, 1.54) is 7.05 Å². The van der Waals surface area contributed by atoms with Crippen LogP contribution in [0.15, 0.2) is 0 Å². The van der Waals surface area contributed by atoms with E-state index in [0.29, 0.717) is 0 Å². The highest BCUT2D eigenvalue weighted by molar-refractivity contribution is 4.96. The zero-order chi connectivity index (χ0) is 14.9. The van der Waals surface area contributed by atoms with Crippen LogP contribution in [0.2, 0.25) is 0 Å². The van der Waals surface area contributed by atoms with Crippen LogP contribution < -0.4 is 5.32 Å². The van der Waals surface area contributed by atoms with Crippen molar-refractivity contribution in [1.29, 1.82) is 0 Å². The molecule has 0 heterocycles. The van der Waals surface area contributed by atoms with Crippen molar-refractivity contribution in [3.8, 4) is 0 Å². The van der Waals surface area contributed by atoms with Gasteiger partial charge in [0.05, 0.1) is 12.7 Å². The van der Waals surface area contributed by atoms with Gasteiger partial charge in [-0.25, -0.2) is 0 Å². The van der Waals surface area contributed by atoms with E-state index in [-0.39, 0.29) is 25.9 Å². The number of hydrogen-bond acceptors (Lipinski definition) is 3. The summed E-state index contributed by atoms with van der Waals surface area (Å²) in [4.78, 5) is 0. The number of aliphatic hydroxyl groups is 1. The molecule has 0 aromatic heterocycles. The maximum atomic E-state index is 12.3. The van der Waals surface area contributed by atoms with Crippen LogP contribution >= 0.6 is 0 Å². The summed E-state index contributed by atoms with van der Waals surface area (Å²) in [7, 11) is 1.49. The zero-order valence-electron chi connectivity index (χ0n) is 10.1. The second-order valence-electron chi connectivity index (χ2n) is 4.65. The fourth-order valence-electron chi connectivity index (χ4n) is 2.18. The molecule has 0 amide bonds. The Morgan fingerprint density at radius 2 is 1.79 bits per heavy atom. The summed E-state index contributed by atoms with van der Waals surface area (Å²) in [5.41, 5.74) is -0.869. The topological polar surface area (TPSA) is 41.5 Å². The fourth-order valence-corrected chi connectivity index (χ4v) is 2.18. The Bertz CT molecular complexity index is 285. The lowest BCUT2D eigenvalue weighted by Crippen LogP contribution is -2.48. The first-order chi connectivity index (χ1) is 8.54. The SMILES string of the molecule is CNC1(CO)CCC(OC(C(F)(F)F)C(F)(F)F)C1. The molecule has 2 unspecified atom stereocenters. The average Bonchev–Trinajstić information content (AvgIpc) is 2.67. The third-order valence-electron chi connectivity index (χ3n) is 3.32. The zero-order valence-corrected chi connectivity index (χ0v) is 10.1. The Hall–Kier alpha value is -0.540. The molecule has 0 aromatic carbocycles. The molecule has 0 radical (unpaired) electrons. The quantitative estimate of drug-likeness (QED) is 0.780. The van der Waals surface area contributed by atoms with E-state index < -0.39 is 30.1 Å². The predicted octanol–water partition coefficient (Wildman–Crippen LogP) is 2.00. The maximum Gasteiger partial charge on any atom is 0.423 e. The van der Waals surface area contributed by atoms with Crippen molar-refractivity contribution >= 4 is 0 Å². The van der Waals surface area contributed by atoms with Gasteiger partial charge in [-0.3, -0.25) is 0 Å². The number of likely N-dealkylation sites (N-methyl/N-ethyl adjacent to an activating group) is 1. The summed E-state index contributed by atoms with van der Waals surface area (Å²) in [6, 6.07) is 0. The molecule has 2 atom stereocenters. The molecule has 1 fully saturated rings. The Morgan fingerprint density at radius 1 is 1.26 bits per heavy atom. The molecule has 0 spiro atoms. The minimum Gasteiger partial charge on any atom is -0.394 e. The monoisotopic (exact) mass is 295 g/mol. The lowest BCUT2D eigenvalue weighted by atomic mass is 9.99. The molecule has 1 saturated carbocycles. The highest BCUT2D eigenvalue weighted by Gasteiger charge is 2.59. The van der Waals surface area contributed by atoms with Gasteiger partial charge in [0.25, 0.3) is 0 Å². The lowest BCUT2D eigenvalue weighted by Gasteiger charge is -2.29. The number of alkyl halides is 6. The molecular weight excluding hydrogens is 280 g/mol. The van der Waals surface area contributed by atoms with E-state index in [1.807, 2.05) is 0 Å². The van der Waals surface area contributed by atoms with Crippen molar-refractivity contribution in [1.82, 2.24) is 5.32 Å². The van der Waals surface area contributed by atoms with E-state index in [4.69, 9.17) is 5.11 Å². The minimum atomic E-state index is -5.50. The number of halogens is 6. The van der Waals surface area contributed by atoms with E-state index >= 15 is 0 Å². The summed E-state index contributed by atoms with van der Waals surface area (Å²) >= 11 is 0. The van der Waals surface area contributed by atoms with Crippen LogP contribution in [0.3, 0.4) is 0 Å². The van der Waals surface area contributed by atoms with Crippen molar-refractivity contribution in [2.75, 3.05) is 13.7 Å². The summed E-state index contributed by atoms with van der Waals surface area (Å²) in [5, 5.41) is 11.8. The Labute approximate surface area is 105 Å². The van der Waals surface area contributed by atoms with Gasteiger partial charge in [-0.15, -0.1) is 0 Å². The molecule has 0 aliphatic heterocycles. The van der Waals surface area contributed by atoms with Crippen LogP contribution in [0, 0.1) is 0 Å². The number of ether oxygens (including phenoxy) is 1. The van der Waals surface area contributed by atoms with Crippen LogP contribution in [-0.4, -0.2) is 48.9 Å². The van der Waals surface area contributed by atoms with Crippen molar-refractivity contribution in [2.45, 2.75) is 49.4 Å². The first-order valence-electron chi connectivity index (χ1n) is 5.63. The van der Waals surface area contributed by atoms with Crippen LogP contribution in [-0.2, 0) is 4.74 Å². The largest absolute Gasteiger partial charge is 0.423 e. The third-order valence-corrected chi connectivity index (χ3v) is 3.32. The molecule has 1 aliphatic carbocycles. The van der Waals surface area contributed by atoms with Crippen molar-refractivity contribution in [3.63, 3.8) is 0 Å². The standard InChI is InChI=1S/C10H15F6NO2/c1-17-8(5-18)3-2-6(4-8)19-7(9(11,12)13)10(14,15)16/h6-7,17-18H,2-5H2,1H3. The second-order valence-corrected chi connectivity index (χ2v) is 4.65. The number of rotatable bonds is 4. The van der Waals surface area contributed by atoms with Gasteiger partial charge in [-0.2, -0.15) is 26.3 Å². The van der Waals surface area contributed by atoms with Gasteiger partial charge in [-0.1, -0.05) is 0 Å². The van der Waals surface area contributed by atoms with Gasteiger partial charge in [0.1, 0.15) is 0 Å². The smallest absolute Gasteiger partial charge is 0.394 e. The first-order valence-corrected chi connectivity index (χ1v) is 5.63. The molecular formula is C10H15F6NO2.